The van der Waals surface area contributed by atoms with Gasteiger partial charge in [-0.25, -0.2) is 4.79 Å². The molecule has 3 rings (SSSR count). The van der Waals surface area contributed by atoms with E-state index in [-0.39, 0.29) is 5.75 Å². The summed E-state index contributed by atoms with van der Waals surface area (Å²) in [4.78, 5) is 18.8. The molecule has 2 aromatic rings. The molecule has 1 N–H and O–H groups in total. The van der Waals surface area contributed by atoms with Crippen molar-refractivity contribution >= 4 is 35.2 Å². The summed E-state index contributed by atoms with van der Waals surface area (Å²) < 4.78 is 10.5. The van der Waals surface area contributed by atoms with Crippen molar-refractivity contribution in [3.63, 3.8) is 0 Å². The molecule has 0 amide bonds. The van der Waals surface area contributed by atoms with Crippen LogP contribution in [0.25, 0.3) is 0 Å². The minimum absolute atomic E-state index is 0.0811. The van der Waals surface area contributed by atoms with Crippen molar-refractivity contribution < 1.29 is 19.4 Å². The molecule has 2 aromatic carbocycles. The number of anilines is 1. The lowest BCUT2D eigenvalue weighted by Gasteiger charge is -2.29. The summed E-state index contributed by atoms with van der Waals surface area (Å²) in [5, 5.41) is 10.5. The number of phenols is 1. The van der Waals surface area contributed by atoms with E-state index in [4.69, 9.17) is 21.1 Å². The Hall–Kier alpha value is -2.57. The Morgan fingerprint density at radius 2 is 2.07 bits per heavy atom. The van der Waals surface area contributed by atoms with Crippen LogP contribution in [0.4, 0.5) is 11.4 Å². The molecule has 1 fully saturated rings. The highest BCUT2D eigenvalue weighted by molar-refractivity contribution is 6.30. The number of nitrogens with zero attached hydrogens (tertiary/aromatic N) is 2. The lowest BCUT2D eigenvalue weighted by molar-refractivity contribution is 0.0526. The monoisotopic (exact) mass is 388 g/mol. The largest absolute Gasteiger partial charge is 0.507 e. The number of morpholine rings is 1. The fourth-order valence-electron chi connectivity index (χ4n) is 2.81. The average Bonchev–Trinajstić information content (AvgIpc) is 2.69. The molecule has 7 heteroatoms. The van der Waals surface area contributed by atoms with Crippen molar-refractivity contribution in [2.24, 2.45) is 4.99 Å². The molecule has 0 spiro atoms. The highest BCUT2D eigenvalue weighted by atomic mass is 35.5. The van der Waals surface area contributed by atoms with Crippen molar-refractivity contribution in [3.8, 4) is 5.75 Å². The number of benzene rings is 2. The zero-order valence-electron chi connectivity index (χ0n) is 15.0. The maximum atomic E-state index is 12.1. The van der Waals surface area contributed by atoms with Crippen LogP contribution in [0.5, 0.6) is 5.75 Å². The number of esters is 1. The van der Waals surface area contributed by atoms with E-state index in [1.807, 2.05) is 6.07 Å². The molecular weight excluding hydrogens is 368 g/mol. The molecule has 0 unspecified atom stereocenters. The summed E-state index contributed by atoms with van der Waals surface area (Å²) in [6.45, 7) is 4.82. The van der Waals surface area contributed by atoms with E-state index < -0.39 is 5.97 Å². The van der Waals surface area contributed by atoms with Gasteiger partial charge in [0.15, 0.2) is 0 Å². The molecule has 0 aromatic heterocycles. The maximum absolute atomic E-state index is 12.1. The standard InChI is InChI=1S/C20H21ClN2O4/c1-2-27-20(25)14-3-5-18(23-7-9-26-10-8-23)17(12-14)22-13-15-11-16(21)4-6-19(15)24/h3-6,11-13,24H,2,7-10H2,1H3. The molecule has 0 radical (unpaired) electrons. The molecule has 0 bridgehead atoms. The molecule has 6 nitrogen and oxygen atoms in total. The van der Waals surface area contributed by atoms with Crippen molar-refractivity contribution in [3.05, 3.63) is 52.5 Å². The molecule has 0 atom stereocenters. The summed E-state index contributed by atoms with van der Waals surface area (Å²) in [5.74, 6) is -0.314. The third-order valence-corrected chi connectivity index (χ3v) is 4.41. The Labute approximate surface area is 163 Å². The zero-order chi connectivity index (χ0) is 19.2. The third-order valence-electron chi connectivity index (χ3n) is 4.17. The quantitative estimate of drug-likeness (QED) is 0.623. The van der Waals surface area contributed by atoms with E-state index in [1.165, 1.54) is 12.3 Å². The summed E-state index contributed by atoms with van der Waals surface area (Å²) in [6, 6.07) is 10.0. The molecule has 0 aliphatic carbocycles. The van der Waals surface area contributed by atoms with E-state index in [0.717, 1.165) is 18.8 Å². The van der Waals surface area contributed by atoms with E-state index in [9.17, 15) is 9.90 Å². The number of rotatable bonds is 5. The summed E-state index contributed by atoms with van der Waals surface area (Å²) in [6.07, 6.45) is 1.54. The van der Waals surface area contributed by atoms with Gasteiger partial charge in [0.05, 0.1) is 36.8 Å². The Morgan fingerprint density at radius 1 is 1.30 bits per heavy atom. The first-order chi connectivity index (χ1) is 13.1. The second kappa shape index (κ2) is 8.88. The van der Waals surface area contributed by atoms with Crippen LogP contribution in [-0.2, 0) is 9.47 Å². The highest BCUT2D eigenvalue weighted by Gasteiger charge is 2.17. The van der Waals surface area contributed by atoms with Gasteiger partial charge in [-0.1, -0.05) is 11.6 Å². The van der Waals surface area contributed by atoms with Gasteiger partial charge in [-0.15, -0.1) is 0 Å². The van der Waals surface area contributed by atoms with E-state index in [2.05, 4.69) is 9.89 Å². The van der Waals surface area contributed by atoms with Crippen molar-refractivity contribution in [2.75, 3.05) is 37.8 Å². The minimum Gasteiger partial charge on any atom is -0.507 e. The van der Waals surface area contributed by atoms with Gasteiger partial charge in [0, 0.05) is 29.9 Å². The van der Waals surface area contributed by atoms with Crippen molar-refractivity contribution in [2.45, 2.75) is 6.92 Å². The van der Waals surface area contributed by atoms with Crippen molar-refractivity contribution in [1.29, 1.82) is 0 Å². The number of carbonyl (C=O) groups is 1. The smallest absolute Gasteiger partial charge is 0.338 e. The van der Waals surface area contributed by atoms with Crippen LogP contribution in [0, 0.1) is 0 Å². The lowest BCUT2D eigenvalue weighted by Crippen LogP contribution is -2.36. The normalized spacial score (nSPS) is 14.5. The van der Waals surface area contributed by atoms with Gasteiger partial charge in [-0.3, -0.25) is 4.99 Å². The molecule has 1 aliphatic heterocycles. The van der Waals surface area contributed by atoms with Gasteiger partial charge >= 0.3 is 5.97 Å². The first-order valence-corrected chi connectivity index (χ1v) is 9.12. The Morgan fingerprint density at radius 3 is 2.81 bits per heavy atom. The van der Waals surface area contributed by atoms with Gasteiger partial charge in [-0.05, 0) is 43.3 Å². The van der Waals surface area contributed by atoms with Crippen LogP contribution in [0.1, 0.15) is 22.8 Å². The summed E-state index contributed by atoms with van der Waals surface area (Å²) >= 11 is 6.00. The predicted molar refractivity (Wildman–Crippen MR) is 106 cm³/mol. The van der Waals surface area contributed by atoms with Gasteiger partial charge < -0.3 is 19.5 Å². The van der Waals surface area contributed by atoms with E-state index in [0.29, 0.717) is 41.7 Å². The summed E-state index contributed by atoms with van der Waals surface area (Å²) in [7, 11) is 0. The fraction of sp³-hybridized carbons (Fsp3) is 0.300. The number of hydrogen-bond donors (Lipinski definition) is 1. The van der Waals surface area contributed by atoms with E-state index in [1.54, 1.807) is 31.2 Å². The van der Waals surface area contributed by atoms with Gasteiger partial charge in [0.25, 0.3) is 0 Å². The number of halogens is 1. The topological polar surface area (TPSA) is 71.4 Å². The van der Waals surface area contributed by atoms with Crippen LogP contribution >= 0.6 is 11.6 Å². The van der Waals surface area contributed by atoms with E-state index >= 15 is 0 Å². The average molecular weight is 389 g/mol. The second-order valence-electron chi connectivity index (χ2n) is 5.98. The first-order valence-electron chi connectivity index (χ1n) is 8.75. The predicted octanol–water partition coefficient (Wildman–Crippen LogP) is 3.81. The Bertz CT molecular complexity index is 848. The second-order valence-corrected chi connectivity index (χ2v) is 6.42. The van der Waals surface area contributed by atoms with Crippen molar-refractivity contribution in [1.82, 2.24) is 0 Å². The number of hydrogen-bond acceptors (Lipinski definition) is 6. The van der Waals surface area contributed by atoms with Gasteiger partial charge in [0.2, 0.25) is 0 Å². The molecular formula is C20H21ClN2O4. The zero-order valence-corrected chi connectivity index (χ0v) is 15.8. The molecule has 27 heavy (non-hydrogen) atoms. The van der Waals surface area contributed by atoms with Crippen LogP contribution in [-0.4, -0.2) is 50.2 Å². The molecule has 1 saturated heterocycles. The van der Waals surface area contributed by atoms with Crippen LogP contribution in [0.15, 0.2) is 41.4 Å². The summed E-state index contributed by atoms with van der Waals surface area (Å²) in [5.41, 5.74) is 2.43. The number of aliphatic imine (C=N–C) groups is 1. The van der Waals surface area contributed by atoms with Crippen LogP contribution in [0.2, 0.25) is 5.02 Å². The fourth-order valence-corrected chi connectivity index (χ4v) is 2.99. The molecule has 142 valence electrons. The molecule has 1 aliphatic rings. The van der Waals surface area contributed by atoms with Gasteiger partial charge in [0.1, 0.15) is 5.75 Å². The number of carbonyl (C=O) groups excluding carboxylic acids is 1. The maximum Gasteiger partial charge on any atom is 0.338 e. The number of ether oxygens (including phenoxy) is 2. The number of phenolic OH excluding ortho intramolecular Hbond substituents is 1. The minimum atomic E-state index is -0.395. The highest BCUT2D eigenvalue weighted by Crippen LogP contribution is 2.31. The molecule has 0 saturated carbocycles. The first kappa shape index (κ1) is 19.2. The van der Waals surface area contributed by atoms with Crippen LogP contribution in [0.3, 0.4) is 0 Å². The molecule has 1 heterocycles. The van der Waals surface area contributed by atoms with Crippen LogP contribution < -0.4 is 4.90 Å². The number of aromatic hydroxyl groups is 1. The SMILES string of the molecule is CCOC(=O)c1ccc(N2CCOCC2)c(N=Cc2cc(Cl)ccc2O)c1. The Kier molecular flexibility index (Phi) is 6.32. The van der Waals surface area contributed by atoms with Gasteiger partial charge in [-0.2, -0.15) is 0 Å². The lowest BCUT2D eigenvalue weighted by atomic mass is 10.1. The Balaban J connectivity index is 1.98. The third kappa shape index (κ3) is 4.78.